The van der Waals surface area contributed by atoms with Gasteiger partial charge in [0, 0.05) is 41.2 Å². The van der Waals surface area contributed by atoms with Crippen molar-refractivity contribution in [1.29, 1.82) is 5.26 Å². The van der Waals surface area contributed by atoms with Crippen molar-refractivity contribution in [2.24, 2.45) is 10.9 Å². The van der Waals surface area contributed by atoms with Crippen molar-refractivity contribution < 1.29 is 4.39 Å². The fourth-order valence-corrected chi connectivity index (χ4v) is 5.41. The van der Waals surface area contributed by atoms with E-state index < -0.39 is 0 Å². The Morgan fingerprint density at radius 1 is 1.12 bits per heavy atom. The fraction of sp³-hybridized carbons (Fsp3) is 0.385. The van der Waals surface area contributed by atoms with Crippen LogP contribution in [0.4, 0.5) is 4.39 Å². The summed E-state index contributed by atoms with van der Waals surface area (Å²) < 4.78 is 16.1. The molecule has 4 nitrogen and oxygen atoms in total. The molecular weight excluding hydrogens is 419 g/mol. The minimum atomic E-state index is -0.248. The van der Waals surface area contributed by atoms with Crippen molar-refractivity contribution >= 4 is 23.7 Å². The molecule has 2 aromatic rings. The average Bonchev–Trinajstić information content (AvgIpc) is 2.79. The molecule has 0 bridgehead atoms. The zero-order valence-electron chi connectivity index (χ0n) is 18.8. The monoisotopic (exact) mass is 448 g/mol. The van der Waals surface area contributed by atoms with Crippen LogP contribution in [0.5, 0.6) is 0 Å². The molecule has 1 fully saturated rings. The molecule has 2 aliphatic rings. The lowest BCUT2D eigenvalue weighted by Crippen LogP contribution is -2.37. The zero-order valence-corrected chi connectivity index (χ0v) is 19.6. The molecule has 4 rings (SSSR count). The Bertz CT molecular complexity index is 1050. The van der Waals surface area contributed by atoms with Crippen molar-refractivity contribution in [2.45, 2.75) is 44.5 Å². The van der Waals surface area contributed by atoms with Gasteiger partial charge in [0.1, 0.15) is 12.0 Å². The second kappa shape index (κ2) is 9.48. The first-order valence-electron chi connectivity index (χ1n) is 11.1. The third-order valence-electron chi connectivity index (χ3n) is 5.69. The Hall–Kier alpha value is -2.62. The highest BCUT2D eigenvalue weighted by molar-refractivity contribution is 7.98. The lowest BCUT2D eigenvalue weighted by molar-refractivity contribution is 0.305. The topological polar surface area (TPSA) is 51.4 Å². The number of aliphatic imine (C=N–C) groups is 1. The van der Waals surface area contributed by atoms with E-state index in [4.69, 9.17) is 4.99 Å². The third-order valence-corrected chi connectivity index (χ3v) is 6.86. The summed E-state index contributed by atoms with van der Waals surface area (Å²) in [6, 6.07) is 16.4. The van der Waals surface area contributed by atoms with Crippen molar-refractivity contribution in [3.63, 3.8) is 0 Å². The number of piperidine rings is 1. The summed E-state index contributed by atoms with van der Waals surface area (Å²) in [5.74, 6) is 0.129. The van der Waals surface area contributed by atoms with Crippen LogP contribution in [0.25, 0.3) is 5.57 Å². The van der Waals surface area contributed by atoms with Gasteiger partial charge in [0.25, 0.3) is 0 Å². The minimum Gasteiger partial charge on any atom is -0.363 e. The summed E-state index contributed by atoms with van der Waals surface area (Å²) in [7, 11) is 0. The van der Waals surface area contributed by atoms with Crippen LogP contribution in [0.3, 0.4) is 0 Å². The molecule has 1 unspecified atom stereocenters. The van der Waals surface area contributed by atoms with Crippen LogP contribution in [0.15, 0.2) is 59.2 Å². The van der Waals surface area contributed by atoms with Gasteiger partial charge in [-0.05, 0) is 69.0 Å². The number of allylic oxidation sites excluding steroid dienone is 2. The molecule has 1 atom stereocenters. The van der Waals surface area contributed by atoms with Crippen molar-refractivity contribution in [3.8, 4) is 6.07 Å². The van der Waals surface area contributed by atoms with E-state index in [2.05, 4.69) is 36.5 Å². The molecule has 166 valence electrons. The van der Waals surface area contributed by atoms with Gasteiger partial charge in [-0.25, -0.2) is 4.39 Å². The van der Waals surface area contributed by atoms with Crippen molar-refractivity contribution in [1.82, 2.24) is 9.62 Å². The largest absolute Gasteiger partial charge is 0.363 e. The van der Waals surface area contributed by atoms with E-state index in [1.54, 1.807) is 12.1 Å². The summed E-state index contributed by atoms with van der Waals surface area (Å²) in [6.45, 7) is 8.81. The van der Waals surface area contributed by atoms with Gasteiger partial charge < -0.3 is 5.32 Å². The van der Waals surface area contributed by atoms with Gasteiger partial charge in [-0.1, -0.05) is 36.2 Å². The van der Waals surface area contributed by atoms with Gasteiger partial charge in [0.05, 0.1) is 11.6 Å². The summed E-state index contributed by atoms with van der Waals surface area (Å²) in [5.41, 5.74) is 4.79. The van der Waals surface area contributed by atoms with E-state index in [1.165, 1.54) is 17.8 Å². The lowest BCUT2D eigenvalue weighted by Gasteiger charge is -2.38. The van der Waals surface area contributed by atoms with Crippen molar-refractivity contribution in [2.75, 3.05) is 13.1 Å². The van der Waals surface area contributed by atoms with Crippen LogP contribution < -0.4 is 5.32 Å². The van der Waals surface area contributed by atoms with E-state index in [0.717, 1.165) is 42.6 Å². The summed E-state index contributed by atoms with van der Waals surface area (Å²) in [5, 5.41) is 13.0. The SMILES string of the molecule is CC(C)(C)SN1CCC(C2=C(c3cccc(C#N)c3)C=NC(c3ccc(F)cc3)N2)CC1. The molecule has 1 saturated heterocycles. The van der Waals surface area contributed by atoms with Gasteiger partial charge in [0.2, 0.25) is 0 Å². The first kappa shape index (κ1) is 22.6. The number of nitrogens with zero attached hydrogens (tertiary/aromatic N) is 3. The van der Waals surface area contributed by atoms with Gasteiger partial charge in [0.15, 0.2) is 0 Å². The normalized spacial score (nSPS) is 20.2. The summed E-state index contributed by atoms with van der Waals surface area (Å²) in [4.78, 5) is 4.74. The highest BCUT2D eigenvalue weighted by Gasteiger charge is 2.30. The Labute approximate surface area is 194 Å². The molecule has 0 amide bonds. The quantitative estimate of drug-likeness (QED) is 0.588. The summed E-state index contributed by atoms with van der Waals surface area (Å²) in [6.07, 6.45) is 3.79. The maximum absolute atomic E-state index is 13.4. The first-order valence-corrected chi connectivity index (χ1v) is 11.8. The van der Waals surface area contributed by atoms with Gasteiger partial charge in [-0.3, -0.25) is 9.30 Å². The number of rotatable bonds is 4. The van der Waals surface area contributed by atoms with Gasteiger partial charge in [-0.15, -0.1) is 0 Å². The molecule has 32 heavy (non-hydrogen) atoms. The predicted molar refractivity (Wildman–Crippen MR) is 130 cm³/mol. The van der Waals surface area contributed by atoms with E-state index in [9.17, 15) is 9.65 Å². The smallest absolute Gasteiger partial charge is 0.144 e. The molecule has 2 heterocycles. The first-order chi connectivity index (χ1) is 15.3. The number of benzene rings is 2. The molecule has 2 aliphatic heterocycles. The molecule has 0 aliphatic carbocycles. The molecule has 1 N–H and O–H groups in total. The van der Waals surface area contributed by atoms with Crippen LogP contribution in [0.1, 0.15) is 56.5 Å². The number of hydrogen-bond acceptors (Lipinski definition) is 5. The Balaban J connectivity index is 1.62. The van der Waals surface area contributed by atoms with Crippen molar-refractivity contribution in [3.05, 3.63) is 76.7 Å². The standard InChI is InChI=1S/C26H29FN4S/c1-26(2,3)32-31-13-11-19(12-14-31)24-23(21-6-4-5-18(15-21)16-28)17-29-25(30-24)20-7-9-22(27)10-8-20/h4-10,15,17,19,25,30H,11-14H2,1-3H3. The molecule has 0 spiro atoms. The average molecular weight is 449 g/mol. The van der Waals surface area contributed by atoms with E-state index in [-0.39, 0.29) is 16.7 Å². The van der Waals surface area contributed by atoms with Crippen LogP contribution in [-0.4, -0.2) is 28.4 Å². The van der Waals surface area contributed by atoms with Crippen LogP contribution in [0, 0.1) is 23.1 Å². The van der Waals surface area contributed by atoms with Gasteiger partial charge in [-0.2, -0.15) is 5.26 Å². The van der Waals surface area contributed by atoms with Crippen LogP contribution in [0.2, 0.25) is 0 Å². The van der Waals surface area contributed by atoms with E-state index >= 15 is 0 Å². The van der Waals surface area contributed by atoms with Crippen LogP contribution >= 0.6 is 11.9 Å². The minimum absolute atomic E-state index is 0.207. The maximum atomic E-state index is 13.4. The highest BCUT2D eigenvalue weighted by Crippen LogP contribution is 2.37. The number of hydrogen-bond donors (Lipinski definition) is 1. The third kappa shape index (κ3) is 5.40. The number of halogens is 1. The predicted octanol–water partition coefficient (Wildman–Crippen LogP) is 5.94. The highest BCUT2D eigenvalue weighted by atomic mass is 32.2. The Morgan fingerprint density at radius 3 is 2.50 bits per heavy atom. The van der Waals surface area contributed by atoms with E-state index in [1.807, 2.05) is 42.4 Å². The summed E-state index contributed by atoms with van der Waals surface area (Å²) >= 11 is 1.93. The second-order valence-corrected chi connectivity index (χ2v) is 11.2. The number of nitrogens with one attached hydrogen (secondary N) is 1. The van der Waals surface area contributed by atoms with E-state index in [0.29, 0.717) is 11.5 Å². The maximum Gasteiger partial charge on any atom is 0.144 e. The number of nitriles is 1. The molecule has 0 saturated carbocycles. The van der Waals surface area contributed by atoms with Gasteiger partial charge >= 0.3 is 0 Å². The second-order valence-electron chi connectivity index (χ2n) is 9.30. The van der Waals surface area contributed by atoms with Crippen LogP contribution in [-0.2, 0) is 0 Å². The lowest BCUT2D eigenvalue weighted by atomic mass is 9.88. The zero-order chi connectivity index (χ0) is 22.7. The Kier molecular flexibility index (Phi) is 6.68. The molecule has 0 aromatic heterocycles. The fourth-order valence-electron chi connectivity index (χ4n) is 4.24. The molecule has 2 aromatic carbocycles. The molecular formula is C26H29FN4S. The molecule has 6 heteroatoms. The Morgan fingerprint density at radius 2 is 1.84 bits per heavy atom. The molecule has 0 radical (unpaired) electrons.